The van der Waals surface area contributed by atoms with Crippen LogP contribution >= 0.6 is 27.5 Å². The zero-order chi connectivity index (χ0) is 15.7. The minimum Gasteiger partial charge on any atom is -0.496 e. The highest BCUT2D eigenvalue weighted by Gasteiger charge is 2.36. The van der Waals surface area contributed by atoms with Crippen molar-refractivity contribution in [3.05, 3.63) is 57.3 Å². The molecule has 116 valence electrons. The fourth-order valence-corrected chi connectivity index (χ4v) is 3.97. The van der Waals surface area contributed by atoms with Gasteiger partial charge in [-0.25, -0.2) is 0 Å². The second-order valence-electron chi connectivity index (χ2n) is 5.69. The molecule has 2 unspecified atom stereocenters. The second kappa shape index (κ2) is 6.57. The molecule has 1 saturated heterocycles. The van der Waals surface area contributed by atoms with E-state index in [1.165, 1.54) is 5.56 Å². The Morgan fingerprint density at radius 1 is 1.27 bits per heavy atom. The molecule has 22 heavy (non-hydrogen) atoms. The molecule has 3 nitrogen and oxygen atoms in total. The van der Waals surface area contributed by atoms with E-state index in [1.807, 2.05) is 24.4 Å². The van der Waals surface area contributed by atoms with Crippen LogP contribution in [0, 0.1) is 0 Å². The molecule has 1 aromatic heterocycles. The first kappa shape index (κ1) is 15.8. The van der Waals surface area contributed by atoms with Crippen LogP contribution in [0.3, 0.4) is 0 Å². The average Bonchev–Trinajstić information content (AvgIpc) is 2.89. The second-order valence-corrected chi connectivity index (χ2v) is 6.98. The summed E-state index contributed by atoms with van der Waals surface area (Å²) in [6, 6.07) is 9.90. The SMILES string of the molecule is COc1cc(Cl)ccc1C1CN(C)CC1c1ncccc1Br. The minimum absolute atomic E-state index is 0.329. The Labute approximate surface area is 144 Å². The summed E-state index contributed by atoms with van der Waals surface area (Å²) in [5.74, 6) is 1.52. The number of pyridine rings is 1. The van der Waals surface area contributed by atoms with Crippen LogP contribution in [0.4, 0.5) is 0 Å². The molecule has 0 saturated carbocycles. The van der Waals surface area contributed by atoms with Crippen LogP contribution in [0.2, 0.25) is 5.02 Å². The third kappa shape index (κ3) is 3.00. The highest BCUT2D eigenvalue weighted by Crippen LogP contribution is 2.44. The molecule has 1 fully saturated rings. The molecule has 1 aromatic carbocycles. The third-order valence-electron chi connectivity index (χ3n) is 4.24. The van der Waals surface area contributed by atoms with Crippen molar-refractivity contribution in [2.75, 3.05) is 27.2 Å². The Balaban J connectivity index is 2.03. The Bertz CT molecular complexity index is 679. The summed E-state index contributed by atoms with van der Waals surface area (Å²) in [4.78, 5) is 6.94. The Hall–Kier alpha value is -1.10. The standard InChI is InChI=1S/C17H18BrClN2O/c1-21-9-13(12-6-5-11(19)8-16(12)22-2)14(10-21)17-15(18)4-3-7-20-17/h3-8,13-14H,9-10H2,1-2H3. The van der Waals surface area contributed by atoms with Crippen molar-refractivity contribution in [3.63, 3.8) is 0 Å². The number of ether oxygens (including phenoxy) is 1. The van der Waals surface area contributed by atoms with Crippen molar-refractivity contribution >= 4 is 27.5 Å². The van der Waals surface area contributed by atoms with Crippen LogP contribution in [0.25, 0.3) is 0 Å². The van der Waals surface area contributed by atoms with Crippen LogP contribution in [-0.4, -0.2) is 37.1 Å². The van der Waals surface area contributed by atoms with E-state index in [9.17, 15) is 0 Å². The third-order valence-corrected chi connectivity index (χ3v) is 5.14. The van der Waals surface area contributed by atoms with Crippen molar-refractivity contribution in [1.82, 2.24) is 9.88 Å². The van der Waals surface area contributed by atoms with Crippen molar-refractivity contribution in [3.8, 4) is 5.75 Å². The van der Waals surface area contributed by atoms with Gasteiger partial charge in [0, 0.05) is 40.6 Å². The van der Waals surface area contributed by atoms with Gasteiger partial charge in [-0.05, 0) is 52.8 Å². The molecular formula is C17H18BrClN2O. The number of likely N-dealkylation sites (N-methyl/N-ethyl adjacent to an activating group) is 1. The number of nitrogens with zero attached hydrogens (tertiary/aromatic N) is 2. The van der Waals surface area contributed by atoms with E-state index in [2.05, 4.69) is 45.0 Å². The van der Waals surface area contributed by atoms with Gasteiger partial charge in [0.15, 0.2) is 0 Å². The van der Waals surface area contributed by atoms with E-state index in [0.29, 0.717) is 16.9 Å². The van der Waals surface area contributed by atoms with Gasteiger partial charge < -0.3 is 9.64 Å². The number of rotatable bonds is 3. The number of likely N-dealkylation sites (tertiary alicyclic amines) is 1. The molecule has 0 N–H and O–H groups in total. The van der Waals surface area contributed by atoms with Gasteiger partial charge in [0.2, 0.25) is 0 Å². The molecule has 1 aliphatic heterocycles. The van der Waals surface area contributed by atoms with Gasteiger partial charge in [0.1, 0.15) is 5.75 Å². The molecule has 2 heterocycles. The lowest BCUT2D eigenvalue weighted by Crippen LogP contribution is -2.13. The van der Waals surface area contributed by atoms with Gasteiger partial charge >= 0.3 is 0 Å². The summed E-state index contributed by atoms with van der Waals surface area (Å²) >= 11 is 9.74. The zero-order valence-electron chi connectivity index (χ0n) is 12.6. The Morgan fingerprint density at radius 3 is 2.77 bits per heavy atom. The maximum atomic E-state index is 6.10. The van der Waals surface area contributed by atoms with Crippen LogP contribution in [0.1, 0.15) is 23.1 Å². The molecule has 0 amide bonds. The van der Waals surface area contributed by atoms with E-state index < -0.39 is 0 Å². The molecule has 5 heteroatoms. The van der Waals surface area contributed by atoms with Crippen molar-refractivity contribution in [2.45, 2.75) is 11.8 Å². The van der Waals surface area contributed by atoms with Crippen LogP contribution in [-0.2, 0) is 0 Å². The normalized spacial score (nSPS) is 22.0. The first-order valence-electron chi connectivity index (χ1n) is 7.22. The lowest BCUT2D eigenvalue weighted by molar-refractivity contribution is 0.395. The molecule has 0 aliphatic carbocycles. The van der Waals surface area contributed by atoms with Gasteiger partial charge in [-0.15, -0.1) is 0 Å². The zero-order valence-corrected chi connectivity index (χ0v) is 14.9. The molecule has 0 spiro atoms. The maximum Gasteiger partial charge on any atom is 0.123 e. The number of halogens is 2. The fourth-order valence-electron chi connectivity index (χ4n) is 3.25. The van der Waals surface area contributed by atoms with Gasteiger partial charge in [-0.3, -0.25) is 4.98 Å². The summed E-state index contributed by atoms with van der Waals surface area (Å²) in [7, 11) is 3.84. The molecule has 0 radical (unpaired) electrons. The molecule has 3 rings (SSSR count). The predicted octanol–water partition coefficient (Wildman–Crippen LogP) is 4.32. The molecular weight excluding hydrogens is 364 g/mol. The lowest BCUT2D eigenvalue weighted by Gasteiger charge is -2.21. The van der Waals surface area contributed by atoms with E-state index in [1.54, 1.807) is 7.11 Å². The number of hydrogen-bond acceptors (Lipinski definition) is 3. The van der Waals surface area contributed by atoms with Gasteiger partial charge in [-0.2, -0.15) is 0 Å². The van der Waals surface area contributed by atoms with Crippen LogP contribution < -0.4 is 4.74 Å². The molecule has 1 aliphatic rings. The summed E-state index contributed by atoms with van der Waals surface area (Å²) < 4.78 is 6.62. The van der Waals surface area contributed by atoms with Gasteiger partial charge in [0.05, 0.1) is 12.8 Å². The quantitative estimate of drug-likeness (QED) is 0.792. The van der Waals surface area contributed by atoms with E-state index in [0.717, 1.165) is 29.0 Å². The first-order chi connectivity index (χ1) is 10.6. The summed E-state index contributed by atoms with van der Waals surface area (Å²) in [6.45, 7) is 1.96. The van der Waals surface area contributed by atoms with Crippen molar-refractivity contribution < 1.29 is 4.74 Å². The van der Waals surface area contributed by atoms with E-state index in [-0.39, 0.29) is 0 Å². The number of aromatic nitrogens is 1. The molecule has 0 bridgehead atoms. The smallest absolute Gasteiger partial charge is 0.123 e. The van der Waals surface area contributed by atoms with E-state index in [4.69, 9.17) is 16.3 Å². The lowest BCUT2D eigenvalue weighted by atomic mass is 9.86. The average molecular weight is 382 g/mol. The monoisotopic (exact) mass is 380 g/mol. The molecule has 2 atom stereocenters. The van der Waals surface area contributed by atoms with Gasteiger partial charge in [0.25, 0.3) is 0 Å². The van der Waals surface area contributed by atoms with Crippen LogP contribution in [0.15, 0.2) is 41.0 Å². The minimum atomic E-state index is 0.329. The summed E-state index contributed by atoms with van der Waals surface area (Å²) in [5, 5.41) is 0.697. The summed E-state index contributed by atoms with van der Waals surface area (Å²) in [5.41, 5.74) is 2.30. The molecule has 2 aromatic rings. The first-order valence-corrected chi connectivity index (χ1v) is 8.39. The van der Waals surface area contributed by atoms with E-state index >= 15 is 0 Å². The number of hydrogen-bond donors (Lipinski definition) is 0. The highest BCUT2D eigenvalue weighted by atomic mass is 79.9. The van der Waals surface area contributed by atoms with Crippen molar-refractivity contribution in [2.24, 2.45) is 0 Å². The number of benzene rings is 1. The topological polar surface area (TPSA) is 25.4 Å². The Kier molecular flexibility index (Phi) is 4.71. The predicted molar refractivity (Wildman–Crippen MR) is 92.9 cm³/mol. The van der Waals surface area contributed by atoms with Crippen molar-refractivity contribution in [1.29, 1.82) is 0 Å². The van der Waals surface area contributed by atoms with Gasteiger partial charge in [-0.1, -0.05) is 17.7 Å². The van der Waals surface area contributed by atoms with Crippen LogP contribution in [0.5, 0.6) is 5.75 Å². The number of methoxy groups -OCH3 is 1. The maximum absolute atomic E-state index is 6.10. The summed E-state index contributed by atoms with van der Waals surface area (Å²) in [6.07, 6.45) is 1.86. The fraction of sp³-hybridized carbons (Fsp3) is 0.353. The largest absolute Gasteiger partial charge is 0.496 e. The Morgan fingerprint density at radius 2 is 2.05 bits per heavy atom. The highest BCUT2D eigenvalue weighted by molar-refractivity contribution is 9.10.